The molecule has 3 unspecified atom stereocenters. The average molecular weight is 517 g/mol. The number of terminal acetylenes is 3. The highest BCUT2D eigenvalue weighted by Crippen LogP contribution is 2.45. The molecule has 0 radical (unpaired) electrons. The first-order valence-electron chi connectivity index (χ1n) is 12.0. The average Bonchev–Trinajstić information content (AvgIpc) is 2.98. The predicted molar refractivity (Wildman–Crippen MR) is 146 cm³/mol. The summed E-state index contributed by atoms with van der Waals surface area (Å²) in [5, 5.41) is 29.1. The molecule has 0 spiro atoms. The van der Waals surface area contributed by atoms with E-state index in [-0.39, 0.29) is 53.3 Å². The maximum atomic E-state index is 12.3. The third-order valence-corrected chi connectivity index (χ3v) is 7.63. The number of carbonyl (C=O) groups excluding carboxylic acids is 3. The molecule has 0 aliphatic heterocycles. The summed E-state index contributed by atoms with van der Waals surface area (Å²) in [6.07, 6.45) is 28.9. The van der Waals surface area contributed by atoms with E-state index in [0.717, 1.165) is 18.8 Å². The summed E-state index contributed by atoms with van der Waals surface area (Å²) in [4.78, 5) is 36.9. The van der Waals surface area contributed by atoms with Crippen molar-refractivity contribution in [1.82, 2.24) is 0 Å². The molecule has 1 aromatic rings. The van der Waals surface area contributed by atoms with Crippen molar-refractivity contribution < 1.29 is 29.7 Å². The van der Waals surface area contributed by atoms with Gasteiger partial charge in [-0.05, 0) is 34.9 Å². The topological polar surface area (TPSA) is 112 Å². The van der Waals surface area contributed by atoms with Gasteiger partial charge in [0.05, 0.1) is 35.0 Å². The van der Waals surface area contributed by atoms with Crippen LogP contribution in [0.15, 0.2) is 90.2 Å². The van der Waals surface area contributed by atoms with Crippen molar-refractivity contribution in [3.8, 4) is 37.0 Å². The fourth-order valence-corrected chi connectivity index (χ4v) is 5.18. The van der Waals surface area contributed by atoms with Gasteiger partial charge in [0.2, 0.25) is 0 Å². The lowest BCUT2D eigenvalue weighted by atomic mass is 9.65. The molecular weight excluding hydrogens is 492 g/mol. The minimum atomic E-state index is -1.17. The van der Waals surface area contributed by atoms with Gasteiger partial charge in [0.25, 0.3) is 0 Å². The second-order valence-electron chi connectivity index (χ2n) is 9.73. The number of ketones is 3. The van der Waals surface area contributed by atoms with E-state index in [1.165, 1.54) is 18.2 Å². The molecule has 3 N–H and O–H groups in total. The van der Waals surface area contributed by atoms with Crippen LogP contribution in [0.5, 0.6) is 0 Å². The van der Waals surface area contributed by atoms with Crippen molar-refractivity contribution in [2.24, 2.45) is 0 Å². The summed E-state index contributed by atoms with van der Waals surface area (Å²) in [7, 11) is 0. The summed E-state index contributed by atoms with van der Waals surface area (Å²) in [6, 6.07) is 5.29. The molecule has 6 nitrogen and oxygen atoms in total. The largest absolute Gasteiger partial charge is 0.515 e. The Balaban J connectivity index is 2.06. The molecule has 6 heteroatoms. The first-order chi connectivity index (χ1) is 18.6. The van der Waals surface area contributed by atoms with E-state index in [1.807, 2.05) is 0 Å². The van der Waals surface area contributed by atoms with Crippen LogP contribution in [0.25, 0.3) is 0 Å². The minimum absolute atomic E-state index is 0.00340. The highest BCUT2D eigenvalue weighted by atomic mass is 16.2. The van der Waals surface area contributed by atoms with Gasteiger partial charge in [-0.1, -0.05) is 54.2 Å². The lowest BCUT2D eigenvalue weighted by Crippen LogP contribution is -2.33. The Bertz CT molecular complexity index is 1400. The monoisotopic (exact) mass is 516 g/mol. The minimum Gasteiger partial charge on any atom is -0.515 e. The van der Waals surface area contributed by atoms with E-state index >= 15 is 0 Å². The van der Waals surface area contributed by atoms with Crippen LogP contribution in [0.3, 0.4) is 0 Å². The number of carbonyl (C=O) groups is 3. The van der Waals surface area contributed by atoms with Crippen molar-refractivity contribution in [3.05, 3.63) is 107 Å². The maximum absolute atomic E-state index is 12.3. The second-order valence-corrected chi connectivity index (χ2v) is 9.73. The normalized spacial score (nSPS) is 31.3. The fraction of sp³-hybridized carbons (Fsp3) is 0.182. The number of benzene rings is 1. The van der Waals surface area contributed by atoms with Crippen molar-refractivity contribution in [1.29, 1.82) is 0 Å². The Kier molecular flexibility index (Phi) is 6.80. The van der Waals surface area contributed by atoms with Crippen LogP contribution < -0.4 is 0 Å². The SMILES string of the molecule is C#CC1(c2cc(C3(C#C)C=CC(=O)/C(=C\O)C3)cc(C3(C#C)C=CC(=O)/C(=C/O)C3)c2)C=CC(=O)/C(=C\O)C1. The van der Waals surface area contributed by atoms with Crippen molar-refractivity contribution in [3.63, 3.8) is 0 Å². The molecule has 0 heterocycles. The van der Waals surface area contributed by atoms with Crippen LogP contribution in [-0.4, -0.2) is 32.7 Å². The summed E-state index contributed by atoms with van der Waals surface area (Å²) >= 11 is 0. The number of hydrogen-bond donors (Lipinski definition) is 3. The van der Waals surface area contributed by atoms with Gasteiger partial charge in [0, 0.05) is 36.0 Å². The van der Waals surface area contributed by atoms with Crippen molar-refractivity contribution in [2.75, 3.05) is 0 Å². The second kappa shape index (κ2) is 9.90. The summed E-state index contributed by atoms with van der Waals surface area (Å²) < 4.78 is 0. The Morgan fingerprint density at radius 3 is 1.03 bits per heavy atom. The van der Waals surface area contributed by atoms with Gasteiger partial charge in [-0.3, -0.25) is 14.4 Å². The van der Waals surface area contributed by atoms with Gasteiger partial charge in [0.1, 0.15) is 0 Å². The number of aliphatic hydroxyl groups is 3. The van der Waals surface area contributed by atoms with Crippen LogP contribution >= 0.6 is 0 Å². The van der Waals surface area contributed by atoms with Gasteiger partial charge >= 0.3 is 0 Å². The molecule has 0 bridgehead atoms. The molecule has 4 rings (SSSR count). The quantitative estimate of drug-likeness (QED) is 0.315. The Labute approximate surface area is 226 Å². The lowest BCUT2D eigenvalue weighted by Gasteiger charge is -2.36. The smallest absolute Gasteiger partial charge is 0.184 e. The number of hydrogen-bond acceptors (Lipinski definition) is 6. The van der Waals surface area contributed by atoms with E-state index < -0.39 is 16.2 Å². The lowest BCUT2D eigenvalue weighted by molar-refractivity contribution is -0.112. The van der Waals surface area contributed by atoms with E-state index in [2.05, 4.69) is 17.8 Å². The van der Waals surface area contributed by atoms with E-state index in [9.17, 15) is 29.7 Å². The van der Waals surface area contributed by atoms with Crippen LogP contribution in [0.4, 0.5) is 0 Å². The van der Waals surface area contributed by atoms with Gasteiger partial charge in [-0.2, -0.15) is 0 Å². The molecule has 0 fully saturated rings. The molecule has 39 heavy (non-hydrogen) atoms. The molecule has 0 saturated heterocycles. The number of rotatable bonds is 3. The van der Waals surface area contributed by atoms with Crippen LogP contribution in [0.1, 0.15) is 36.0 Å². The molecule has 192 valence electrons. The summed E-state index contributed by atoms with van der Waals surface area (Å²) in [6.45, 7) is 0. The molecule has 1 aromatic carbocycles. The van der Waals surface area contributed by atoms with Gasteiger partial charge in [-0.25, -0.2) is 0 Å². The van der Waals surface area contributed by atoms with E-state index in [0.29, 0.717) is 16.7 Å². The Hall–Kier alpha value is -5.25. The first-order valence-corrected chi connectivity index (χ1v) is 12.0. The standard InChI is InChI=1S/C33H24O6/c1-4-31(10-7-28(37)22(16-31)19-34)25-13-26(32(5-2)11-8-29(38)23(17-32)20-35)15-27(14-25)33(6-3)12-9-30(39)24(18-33)21-36/h1-3,7-15,19-21,34-36H,16-18H2/b22-19-,23-20-,24-21+. The number of allylic oxidation sites excluding steroid dienone is 9. The number of aliphatic hydroxyl groups excluding tert-OH is 3. The molecule has 0 aromatic heterocycles. The first kappa shape index (κ1) is 26.8. The van der Waals surface area contributed by atoms with Gasteiger partial charge < -0.3 is 15.3 Å². The zero-order chi connectivity index (χ0) is 28.4. The molecule has 3 aliphatic carbocycles. The van der Waals surface area contributed by atoms with Crippen LogP contribution in [0.2, 0.25) is 0 Å². The van der Waals surface area contributed by atoms with Gasteiger partial charge in [-0.15, -0.1) is 19.3 Å². The zero-order valence-corrected chi connectivity index (χ0v) is 20.8. The van der Waals surface area contributed by atoms with Crippen LogP contribution in [0, 0.1) is 37.0 Å². The summed E-state index contributed by atoms with van der Waals surface area (Å²) in [5.74, 6) is 7.13. The third-order valence-electron chi connectivity index (χ3n) is 7.63. The molecule has 3 atom stereocenters. The fourth-order valence-electron chi connectivity index (χ4n) is 5.18. The van der Waals surface area contributed by atoms with Gasteiger partial charge in [0.15, 0.2) is 17.3 Å². The third kappa shape index (κ3) is 4.31. The molecule has 3 aliphatic rings. The highest BCUT2D eigenvalue weighted by Gasteiger charge is 2.41. The van der Waals surface area contributed by atoms with Crippen LogP contribution in [-0.2, 0) is 30.6 Å². The molecule has 0 amide bonds. The molecular formula is C33H24O6. The Morgan fingerprint density at radius 1 is 0.564 bits per heavy atom. The van der Waals surface area contributed by atoms with E-state index in [4.69, 9.17) is 19.3 Å². The van der Waals surface area contributed by atoms with Crippen molar-refractivity contribution >= 4 is 17.3 Å². The Morgan fingerprint density at radius 2 is 0.821 bits per heavy atom. The maximum Gasteiger partial charge on any atom is 0.184 e. The summed E-state index contributed by atoms with van der Waals surface area (Å²) in [5.41, 5.74) is -1.58. The zero-order valence-electron chi connectivity index (χ0n) is 20.8. The van der Waals surface area contributed by atoms with Crippen molar-refractivity contribution in [2.45, 2.75) is 35.5 Å². The molecule has 0 saturated carbocycles. The predicted octanol–water partition coefficient (Wildman–Crippen LogP) is 4.21. The highest BCUT2D eigenvalue weighted by molar-refractivity contribution is 6.06. The van der Waals surface area contributed by atoms with E-state index in [1.54, 1.807) is 36.4 Å².